The van der Waals surface area contributed by atoms with Gasteiger partial charge in [0, 0.05) is 24.5 Å². The zero-order chi connectivity index (χ0) is 9.97. The van der Waals surface area contributed by atoms with E-state index in [1.54, 1.807) is 16.2 Å². The van der Waals surface area contributed by atoms with Crippen molar-refractivity contribution in [1.29, 1.82) is 0 Å². The third kappa shape index (κ3) is 1.73. The Hall–Kier alpha value is -1.07. The van der Waals surface area contributed by atoms with Crippen LogP contribution in [0.15, 0.2) is 17.5 Å². The van der Waals surface area contributed by atoms with Gasteiger partial charge >= 0.3 is 6.03 Å². The third-order valence-electron chi connectivity index (χ3n) is 2.27. The number of nitrogens with two attached hydrogens (primary N) is 1. The summed E-state index contributed by atoms with van der Waals surface area (Å²) in [5.74, 6) is 0. The van der Waals surface area contributed by atoms with E-state index in [1.807, 2.05) is 17.5 Å². The maximum Gasteiger partial charge on any atom is 0.318 e. The van der Waals surface area contributed by atoms with E-state index >= 15 is 0 Å². The third-order valence-corrected chi connectivity index (χ3v) is 3.26. The lowest BCUT2D eigenvalue weighted by Crippen LogP contribution is -2.32. The lowest BCUT2D eigenvalue weighted by molar-refractivity contribution is 0.218. The first-order valence-electron chi connectivity index (χ1n) is 4.60. The number of nitrogens with zero attached hydrogens (tertiary/aromatic N) is 1. The molecule has 1 atom stereocenters. The average molecular weight is 211 g/mol. The molecule has 1 fully saturated rings. The van der Waals surface area contributed by atoms with Crippen LogP contribution in [0.5, 0.6) is 0 Å². The molecule has 0 bridgehead atoms. The monoisotopic (exact) mass is 211 g/mol. The molecular weight excluding hydrogens is 198 g/mol. The van der Waals surface area contributed by atoms with Gasteiger partial charge in [-0.1, -0.05) is 6.07 Å². The molecule has 76 valence electrons. The van der Waals surface area contributed by atoms with Crippen molar-refractivity contribution in [3.8, 4) is 0 Å². The molecule has 0 radical (unpaired) electrons. The van der Waals surface area contributed by atoms with Crippen molar-refractivity contribution >= 4 is 17.4 Å². The average Bonchev–Trinajstić information content (AvgIpc) is 2.76. The Morgan fingerprint density at radius 1 is 1.71 bits per heavy atom. The first-order chi connectivity index (χ1) is 6.81. The Labute approximate surface area is 86.7 Å². The van der Waals surface area contributed by atoms with Crippen molar-refractivity contribution in [2.45, 2.75) is 6.04 Å². The van der Waals surface area contributed by atoms with Crippen LogP contribution in [0.25, 0.3) is 0 Å². The fourth-order valence-corrected chi connectivity index (χ4v) is 2.36. The quantitative estimate of drug-likeness (QED) is 0.776. The van der Waals surface area contributed by atoms with Crippen LogP contribution in [0.2, 0.25) is 0 Å². The standard InChI is InChI=1S/C9H13N3OS/c10-3-4-12-6-7(11-9(12)13)8-2-1-5-14-8/h1-2,5,7H,3-4,6,10H2,(H,11,13). The van der Waals surface area contributed by atoms with Crippen molar-refractivity contribution in [2.24, 2.45) is 5.73 Å². The second kappa shape index (κ2) is 3.98. The minimum Gasteiger partial charge on any atom is -0.329 e. The number of nitrogens with one attached hydrogen (secondary N) is 1. The Balaban J connectivity index is 2.03. The van der Waals surface area contributed by atoms with Crippen LogP contribution in [-0.2, 0) is 0 Å². The van der Waals surface area contributed by atoms with Gasteiger partial charge in [-0.05, 0) is 11.4 Å². The summed E-state index contributed by atoms with van der Waals surface area (Å²) in [5, 5.41) is 4.95. The summed E-state index contributed by atoms with van der Waals surface area (Å²) in [6.07, 6.45) is 0. The van der Waals surface area contributed by atoms with Crippen molar-refractivity contribution < 1.29 is 4.79 Å². The number of hydrogen-bond donors (Lipinski definition) is 2. The second-order valence-corrected chi connectivity index (χ2v) is 4.23. The minimum absolute atomic E-state index is 0.00569. The highest BCUT2D eigenvalue weighted by atomic mass is 32.1. The molecule has 4 nitrogen and oxygen atoms in total. The largest absolute Gasteiger partial charge is 0.329 e. The van der Waals surface area contributed by atoms with Gasteiger partial charge in [-0.3, -0.25) is 0 Å². The molecule has 5 heteroatoms. The molecule has 1 saturated heterocycles. The van der Waals surface area contributed by atoms with Crippen LogP contribution in [0.4, 0.5) is 4.79 Å². The molecule has 0 aliphatic carbocycles. The molecule has 14 heavy (non-hydrogen) atoms. The van der Waals surface area contributed by atoms with E-state index in [0.29, 0.717) is 13.1 Å². The summed E-state index contributed by atoms with van der Waals surface area (Å²) in [6.45, 7) is 1.88. The first kappa shape index (κ1) is 9.48. The summed E-state index contributed by atoms with van der Waals surface area (Å²) in [5.41, 5.74) is 5.42. The van der Waals surface area contributed by atoms with Crippen LogP contribution in [-0.4, -0.2) is 30.6 Å². The van der Waals surface area contributed by atoms with E-state index in [4.69, 9.17) is 5.73 Å². The molecule has 2 rings (SSSR count). The fourth-order valence-electron chi connectivity index (χ4n) is 1.59. The smallest absolute Gasteiger partial charge is 0.318 e. The molecule has 0 saturated carbocycles. The number of urea groups is 1. The summed E-state index contributed by atoms with van der Waals surface area (Å²) in [4.78, 5) is 14.4. The van der Waals surface area contributed by atoms with E-state index in [2.05, 4.69) is 5.32 Å². The van der Waals surface area contributed by atoms with Crippen LogP contribution in [0, 0.1) is 0 Å². The maximum atomic E-state index is 11.4. The van der Waals surface area contributed by atoms with Gasteiger partial charge in [0.05, 0.1) is 6.04 Å². The molecule has 0 aromatic carbocycles. The molecule has 1 aliphatic heterocycles. The van der Waals surface area contributed by atoms with Crippen LogP contribution in [0.1, 0.15) is 10.9 Å². The number of amides is 2. The number of carbonyl (C=O) groups excluding carboxylic acids is 1. The number of hydrogen-bond acceptors (Lipinski definition) is 3. The number of thiophene rings is 1. The molecule has 1 aromatic heterocycles. The van der Waals surface area contributed by atoms with Gasteiger partial charge in [0.25, 0.3) is 0 Å². The molecule has 1 unspecified atom stereocenters. The molecule has 2 heterocycles. The first-order valence-corrected chi connectivity index (χ1v) is 5.48. The van der Waals surface area contributed by atoms with E-state index in [0.717, 1.165) is 6.54 Å². The SMILES string of the molecule is NCCN1CC(c2cccs2)NC1=O. The van der Waals surface area contributed by atoms with Gasteiger partial charge in [0.2, 0.25) is 0 Å². The van der Waals surface area contributed by atoms with Crippen molar-refractivity contribution in [3.05, 3.63) is 22.4 Å². The van der Waals surface area contributed by atoms with Gasteiger partial charge in [0.15, 0.2) is 0 Å². The summed E-state index contributed by atoms with van der Waals surface area (Å²) in [7, 11) is 0. The van der Waals surface area contributed by atoms with E-state index < -0.39 is 0 Å². The Morgan fingerprint density at radius 3 is 3.21 bits per heavy atom. The van der Waals surface area contributed by atoms with Crippen LogP contribution < -0.4 is 11.1 Å². The Kier molecular flexibility index (Phi) is 2.69. The highest BCUT2D eigenvalue weighted by Gasteiger charge is 2.29. The predicted molar refractivity (Wildman–Crippen MR) is 56.2 cm³/mol. The molecule has 3 N–H and O–H groups in total. The van der Waals surface area contributed by atoms with Crippen molar-refractivity contribution in [3.63, 3.8) is 0 Å². The van der Waals surface area contributed by atoms with Crippen molar-refractivity contribution in [1.82, 2.24) is 10.2 Å². The van der Waals surface area contributed by atoms with E-state index in [-0.39, 0.29) is 12.1 Å². The molecule has 2 amide bonds. The molecule has 0 spiro atoms. The summed E-state index contributed by atoms with van der Waals surface area (Å²) >= 11 is 1.67. The van der Waals surface area contributed by atoms with Crippen LogP contribution in [0.3, 0.4) is 0 Å². The van der Waals surface area contributed by atoms with Crippen LogP contribution >= 0.6 is 11.3 Å². The summed E-state index contributed by atoms with van der Waals surface area (Å²) < 4.78 is 0. The topological polar surface area (TPSA) is 58.4 Å². The zero-order valence-corrected chi connectivity index (χ0v) is 8.59. The van der Waals surface area contributed by atoms with E-state index in [1.165, 1.54) is 4.88 Å². The summed E-state index contributed by atoms with van der Waals surface area (Å²) in [6, 6.07) is 4.18. The molecule has 1 aromatic rings. The minimum atomic E-state index is -0.00569. The highest BCUT2D eigenvalue weighted by Crippen LogP contribution is 2.23. The van der Waals surface area contributed by atoms with Gasteiger partial charge in [-0.2, -0.15) is 0 Å². The second-order valence-electron chi connectivity index (χ2n) is 3.25. The number of carbonyl (C=O) groups is 1. The van der Waals surface area contributed by atoms with Gasteiger partial charge in [0.1, 0.15) is 0 Å². The van der Waals surface area contributed by atoms with Crippen molar-refractivity contribution in [2.75, 3.05) is 19.6 Å². The lowest BCUT2D eigenvalue weighted by Gasteiger charge is -2.11. The predicted octanol–water partition coefficient (Wildman–Crippen LogP) is 0.773. The lowest BCUT2D eigenvalue weighted by atomic mass is 10.2. The van der Waals surface area contributed by atoms with Gasteiger partial charge < -0.3 is 16.0 Å². The van der Waals surface area contributed by atoms with Gasteiger partial charge in [-0.25, -0.2) is 4.79 Å². The van der Waals surface area contributed by atoms with Gasteiger partial charge in [-0.15, -0.1) is 11.3 Å². The Morgan fingerprint density at radius 2 is 2.57 bits per heavy atom. The highest BCUT2D eigenvalue weighted by molar-refractivity contribution is 7.10. The maximum absolute atomic E-state index is 11.4. The molecular formula is C9H13N3OS. The van der Waals surface area contributed by atoms with E-state index in [9.17, 15) is 4.79 Å². The molecule has 1 aliphatic rings. The normalized spacial score (nSPS) is 21.4. The Bertz CT molecular complexity index is 312. The zero-order valence-electron chi connectivity index (χ0n) is 7.77. The fraction of sp³-hybridized carbons (Fsp3) is 0.444. The number of rotatable bonds is 3.